The standard InChI is InChI=1S/C10H16N4O5/c1-6(15)8(3-18-7(2)16)19-5-14-4-12-9(11)13-10(14)17/h4,6,8,15H,3,5H2,1-2H3,(H2,11,13,17)/t6?,8-/m1/s1. The zero-order valence-corrected chi connectivity index (χ0v) is 10.6. The highest BCUT2D eigenvalue weighted by Gasteiger charge is 2.17. The van der Waals surface area contributed by atoms with E-state index in [0.29, 0.717) is 0 Å². The Bertz CT molecular complexity index is 487. The minimum atomic E-state index is -0.871. The number of aliphatic hydroxyl groups is 1. The lowest BCUT2D eigenvalue weighted by Gasteiger charge is -2.20. The first-order chi connectivity index (χ1) is 8.90. The van der Waals surface area contributed by atoms with Gasteiger partial charge in [-0.25, -0.2) is 9.78 Å². The van der Waals surface area contributed by atoms with E-state index in [-0.39, 0.29) is 19.3 Å². The molecule has 1 aromatic heterocycles. The molecule has 2 atom stereocenters. The Morgan fingerprint density at radius 2 is 2.32 bits per heavy atom. The summed E-state index contributed by atoms with van der Waals surface area (Å²) in [4.78, 5) is 29.1. The Hall–Kier alpha value is -2.00. The Morgan fingerprint density at radius 1 is 1.63 bits per heavy atom. The number of aliphatic hydroxyl groups excluding tert-OH is 1. The summed E-state index contributed by atoms with van der Waals surface area (Å²) < 4.78 is 11.1. The van der Waals surface area contributed by atoms with E-state index in [0.717, 1.165) is 4.57 Å². The number of hydrogen-bond donors (Lipinski definition) is 2. The number of nitrogens with zero attached hydrogens (tertiary/aromatic N) is 3. The molecule has 106 valence electrons. The number of anilines is 1. The van der Waals surface area contributed by atoms with E-state index in [1.807, 2.05) is 0 Å². The molecule has 0 aliphatic rings. The highest BCUT2D eigenvalue weighted by Crippen LogP contribution is 2.02. The summed E-state index contributed by atoms with van der Waals surface area (Å²) in [7, 11) is 0. The lowest BCUT2D eigenvalue weighted by Crippen LogP contribution is -2.35. The Balaban J connectivity index is 2.60. The van der Waals surface area contributed by atoms with Crippen LogP contribution in [0.3, 0.4) is 0 Å². The molecule has 1 unspecified atom stereocenters. The molecular weight excluding hydrogens is 256 g/mol. The van der Waals surface area contributed by atoms with Crippen LogP contribution in [0.2, 0.25) is 0 Å². The number of aromatic nitrogens is 3. The van der Waals surface area contributed by atoms with Gasteiger partial charge < -0.3 is 20.3 Å². The molecule has 0 saturated carbocycles. The molecular formula is C10H16N4O5. The second kappa shape index (κ2) is 6.81. The topological polar surface area (TPSA) is 130 Å². The fourth-order valence-electron chi connectivity index (χ4n) is 1.16. The first-order valence-electron chi connectivity index (χ1n) is 5.52. The van der Waals surface area contributed by atoms with Crippen LogP contribution in [-0.4, -0.2) is 44.4 Å². The summed E-state index contributed by atoms with van der Waals surface area (Å²) in [6.07, 6.45) is -0.451. The highest BCUT2D eigenvalue weighted by atomic mass is 16.6. The van der Waals surface area contributed by atoms with Gasteiger partial charge in [0.1, 0.15) is 25.8 Å². The molecule has 0 spiro atoms. The minimum Gasteiger partial charge on any atom is -0.463 e. The summed E-state index contributed by atoms with van der Waals surface area (Å²) in [6, 6.07) is 0. The zero-order valence-electron chi connectivity index (χ0n) is 10.6. The third-order valence-electron chi connectivity index (χ3n) is 2.20. The number of nitrogens with two attached hydrogens (primary N) is 1. The summed E-state index contributed by atoms with van der Waals surface area (Å²) in [5, 5.41) is 9.46. The molecule has 19 heavy (non-hydrogen) atoms. The van der Waals surface area contributed by atoms with Crippen molar-refractivity contribution in [2.75, 3.05) is 12.3 Å². The van der Waals surface area contributed by atoms with Gasteiger partial charge in [-0.3, -0.25) is 9.36 Å². The Labute approximate surface area is 109 Å². The average molecular weight is 272 g/mol. The molecule has 9 heteroatoms. The number of hydrogen-bond acceptors (Lipinski definition) is 8. The van der Waals surface area contributed by atoms with Crippen LogP contribution in [0.4, 0.5) is 5.95 Å². The molecule has 0 radical (unpaired) electrons. The van der Waals surface area contributed by atoms with E-state index in [2.05, 4.69) is 9.97 Å². The smallest absolute Gasteiger partial charge is 0.353 e. The molecule has 1 heterocycles. The van der Waals surface area contributed by atoms with Crippen molar-refractivity contribution < 1.29 is 19.4 Å². The monoisotopic (exact) mass is 272 g/mol. The number of rotatable bonds is 6. The van der Waals surface area contributed by atoms with E-state index in [4.69, 9.17) is 15.2 Å². The van der Waals surface area contributed by atoms with Crippen molar-refractivity contribution in [2.24, 2.45) is 0 Å². The summed E-state index contributed by atoms with van der Waals surface area (Å²) >= 11 is 0. The van der Waals surface area contributed by atoms with Crippen molar-refractivity contribution >= 4 is 11.9 Å². The quantitative estimate of drug-likeness (QED) is 0.599. The number of nitrogen functional groups attached to an aromatic ring is 1. The van der Waals surface area contributed by atoms with Crippen molar-refractivity contribution in [3.05, 3.63) is 16.8 Å². The third kappa shape index (κ3) is 5.02. The molecule has 1 rings (SSSR count). The van der Waals surface area contributed by atoms with E-state index >= 15 is 0 Å². The van der Waals surface area contributed by atoms with Crippen molar-refractivity contribution in [3.63, 3.8) is 0 Å². The number of carbonyl (C=O) groups is 1. The van der Waals surface area contributed by atoms with Gasteiger partial charge in [0.25, 0.3) is 0 Å². The first kappa shape index (κ1) is 15.1. The maximum absolute atomic E-state index is 11.4. The van der Waals surface area contributed by atoms with E-state index in [1.54, 1.807) is 0 Å². The van der Waals surface area contributed by atoms with Gasteiger partial charge in [-0.1, -0.05) is 0 Å². The maximum Gasteiger partial charge on any atom is 0.353 e. The minimum absolute atomic E-state index is 0.114. The number of ether oxygens (including phenoxy) is 2. The zero-order chi connectivity index (χ0) is 14.4. The van der Waals surface area contributed by atoms with Gasteiger partial charge in [0.05, 0.1) is 6.10 Å². The van der Waals surface area contributed by atoms with E-state index in [9.17, 15) is 14.7 Å². The maximum atomic E-state index is 11.4. The first-order valence-corrected chi connectivity index (χ1v) is 5.52. The molecule has 0 bridgehead atoms. The highest BCUT2D eigenvalue weighted by molar-refractivity contribution is 5.65. The van der Waals surface area contributed by atoms with E-state index < -0.39 is 23.9 Å². The fraction of sp³-hybridized carbons (Fsp3) is 0.600. The lowest BCUT2D eigenvalue weighted by molar-refractivity contribution is -0.151. The van der Waals surface area contributed by atoms with Gasteiger partial charge in [-0.2, -0.15) is 4.98 Å². The van der Waals surface area contributed by atoms with Gasteiger partial charge >= 0.3 is 11.7 Å². The third-order valence-corrected chi connectivity index (χ3v) is 2.20. The molecule has 3 N–H and O–H groups in total. The second-order valence-corrected chi connectivity index (χ2v) is 3.84. The van der Waals surface area contributed by atoms with Crippen LogP contribution in [-0.2, 0) is 21.0 Å². The second-order valence-electron chi connectivity index (χ2n) is 3.84. The van der Waals surface area contributed by atoms with Crippen molar-refractivity contribution in [1.82, 2.24) is 14.5 Å². The predicted octanol–water partition coefficient (Wildman–Crippen LogP) is -1.49. The predicted molar refractivity (Wildman–Crippen MR) is 63.9 cm³/mol. The van der Waals surface area contributed by atoms with Crippen LogP contribution in [0.1, 0.15) is 13.8 Å². The van der Waals surface area contributed by atoms with Crippen molar-refractivity contribution in [3.8, 4) is 0 Å². The van der Waals surface area contributed by atoms with Crippen molar-refractivity contribution in [1.29, 1.82) is 0 Å². The van der Waals surface area contributed by atoms with Crippen LogP contribution in [0.15, 0.2) is 11.1 Å². The van der Waals surface area contributed by atoms with Gasteiger partial charge in [0.2, 0.25) is 5.95 Å². The van der Waals surface area contributed by atoms with Crippen LogP contribution >= 0.6 is 0 Å². The van der Waals surface area contributed by atoms with Gasteiger partial charge in [0.15, 0.2) is 0 Å². The van der Waals surface area contributed by atoms with E-state index in [1.165, 1.54) is 20.2 Å². The van der Waals surface area contributed by atoms with Crippen LogP contribution in [0.5, 0.6) is 0 Å². The molecule has 0 saturated heterocycles. The number of carbonyl (C=O) groups excluding carboxylic acids is 1. The SMILES string of the molecule is CC(=O)OC[C@@H](OCn1cnc(N)nc1=O)C(C)O. The van der Waals surface area contributed by atoms with Gasteiger partial charge in [-0.05, 0) is 6.92 Å². The molecule has 0 aliphatic heterocycles. The average Bonchev–Trinajstić information content (AvgIpc) is 2.30. The lowest BCUT2D eigenvalue weighted by atomic mass is 10.2. The summed E-state index contributed by atoms with van der Waals surface area (Å²) in [5.74, 6) is -0.615. The Morgan fingerprint density at radius 3 is 2.84 bits per heavy atom. The molecule has 0 aliphatic carbocycles. The molecule has 0 aromatic carbocycles. The fourth-order valence-corrected chi connectivity index (χ4v) is 1.16. The molecule has 0 amide bonds. The largest absolute Gasteiger partial charge is 0.463 e. The molecule has 9 nitrogen and oxygen atoms in total. The van der Waals surface area contributed by atoms with Crippen LogP contribution in [0, 0.1) is 0 Å². The normalized spacial score (nSPS) is 13.8. The Kier molecular flexibility index (Phi) is 5.39. The van der Waals surface area contributed by atoms with Gasteiger partial charge in [-0.15, -0.1) is 0 Å². The van der Waals surface area contributed by atoms with Crippen LogP contribution < -0.4 is 11.4 Å². The van der Waals surface area contributed by atoms with Gasteiger partial charge in [0, 0.05) is 6.92 Å². The summed E-state index contributed by atoms with van der Waals surface area (Å²) in [6.45, 7) is 2.43. The van der Waals surface area contributed by atoms with Crippen LogP contribution in [0.25, 0.3) is 0 Å². The van der Waals surface area contributed by atoms with Crippen molar-refractivity contribution in [2.45, 2.75) is 32.8 Å². The molecule has 1 aromatic rings. The summed E-state index contributed by atoms with van der Waals surface area (Å²) in [5.41, 5.74) is 4.62. The molecule has 0 fully saturated rings. The number of esters is 1.